The number of anilines is 1. The lowest BCUT2D eigenvalue weighted by molar-refractivity contribution is -0.141. The number of hydrogen-bond donors (Lipinski definition) is 1. The van der Waals surface area contributed by atoms with Crippen molar-refractivity contribution in [2.24, 2.45) is 0 Å². The largest absolute Gasteiger partial charge is 0.502 e. The lowest BCUT2D eigenvalue weighted by Gasteiger charge is -2.36. The molecule has 0 bridgehead atoms. The van der Waals surface area contributed by atoms with Crippen LogP contribution < -0.4 is 15.1 Å². The van der Waals surface area contributed by atoms with E-state index in [0.717, 1.165) is 37.6 Å². The molecule has 1 aromatic carbocycles. The number of imidazole rings is 1. The van der Waals surface area contributed by atoms with Crippen molar-refractivity contribution in [2.45, 2.75) is 18.9 Å². The molecule has 4 aromatic rings. The van der Waals surface area contributed by atoms with Crippen molar-refractivity contribution in [2.75, 3.05) is 45.3 Å². The van der Waals surface area contributed by atoms with Crippen LogP contribution in [-0.4, -0.2) is 65.8 Å². The maximum atomic E-state index is 12.8. The number of halogens is 1. The third-order valence-corrected chi connectivity index (χ3v) is 7.72. The molecule has 0 unspecified atom stereocenters. The van der Waals surface area contributed by atoms with Crippen molar-refractivity contribution in [3.8, 4) is 11.5 Å². The van der Waals surface area contributed by atoms with E-state index in [0.29, 0.717) is 23.0 Å². The van der Waals surface area contributed by atoms with Gasteiger partial charge < -0.3 is 23.9 Å². The zero-order valence-corrected chi connectivity index (χ0v) is 22.5. The third kappa shape index (κ3) is 5.22. The molecule has 4 heterocycles. The number of thiazole rings is 1. The number of rotatable bonds is 8. The number of fused-ring (bicyclic) bond motifs is 1. The predicted molar refractivity (Wildman–Crippen MR) is 144 cm³/mol. The first-order valence-corrected chi connectivity index (χ1v) is 13.3. The fourth-order valence-electron chi connectivity index (χ4n) is 4.70. The van der Waals surface area contributed by atoms with Gasteiger partial charge in [-0.25, -0.2) is 4.98 Å². The minimum absolute atomic E-state index is 0.0373. The van der Waals surface area contributed by atoms with Crippen molar-refractivity contribution < 1.29 is 23.8 Å². The maximum Gasteiger partial charge on any atom is 0.306 e. The molecule has 1 atom stereocenters. The Morgan fingerprint density at radius 1 is 1.21 bits per heavy atom. The minimum atomic E-state index is -0.876. The standard InChI is InChI=1S/C26H27ClN4O6S/c1-35-17-5-3-16(4-6-17)30-9-7-29(8-10-30)15-18-13-20(32)23(34)24(37-18)19(14-21(33)36-2)22-25(27)28-26-31(22)11-12-38-26/h3-6,11-13,19,34H,7-10,14-15H2,1-2H3/t19-/m0/s1. The molecule has 1 saturated heterocycles. The number of aromatic nitrogens is 2. The van der Waals surface area contributed by atoms with Gasteiger partial charge in [-0.3, -0.25) is 18.9 Å². The molecule has 0 saturated carbocycles. The lowest BCUT2D eigenvalue weighted by Crippen LogP contribution is -2.46. The summed E-state index contributed by atoms with van der Waals surface area (Å²) in [5, 5.41) is 12.7. The van der Waals surface area contributed by atoms with Crippen LogP contribution >= 0.6 is 22.9 Å². The summed E-state index contributed by atoms with van der Waals surface area (Å²) < 4.78 is 18.0. The van der Waals surface area contributed by atoms with Crippen LogP contribution in [0.2, 0.25) is 5.15 Å². The summed E-state index contributed by atoms with van der Waals surface area (Å²) in [7, 11) is 2.92. The van der Waals surface area contributed by atoms with Gasteiger partial charge in [0.25, 0.3) is 0 Å². The van der Waals surface area contributed by atoms with E-state index in [9.17, 15) is 14.7 Å². The number of piperazine rings is 1. The van der Waals surface area contributed by atoms with Gasteiger partial charge in [0.15, 0.2) is 15.9 Å². The zero-order valence-electron chi connectivity index (χ0n) is 20.9. The fraction of sp³-hybridized carbons (Fsp3) is 0.346. The molecule has 0 aliphatic carbocycles. The second kappa shape index (κ2) is 11.1. The molecular weight excluding hydrogens is 532 g/mol. The first kappa shape index (κ1) is 26.1. The number of nitrogens with zero attached hydrogens (tertiary/aromatic N) is 4. The van der Waals surface area contributed by atoms with Gasteiger partial charge in [0.05, 0.1) is 38.8 Å². The molecule has 200 valence electrons. The Labute approximate surface area is 227 Å². The number of carbonyl (C=O) groups excluding carboxylic acids is 1. The van der Waals surface area contributed by atoms with Crippen molar-refractivity contribution in [1.29, 1.82) is 0 Å². The molecule has 12 heteroatoms. The van der Waals surface area contributed by atoms with E-state index >= 15 is 0 Å². The van der Waals surface area contributed by atoms with Crippen LogP contribution in [0.1, 0.15) is 29.6 Å². The normalized spacial score (nSPS) is 15.1. The summed E-state index contributed by atoms with van der Waals surface area (Å²) >= 11 is 7.82. The van der Waals surface area contributed by atoms with Crippen molar-refractivity contribution in [3.63, 3.8) is 0 Å². The number of methoxy groups -OCH3 is 2. The Morgan fingerprint density at radius 2 is 1.95 bits per heavy atom. The van der Waals surface area contributed by atoms with Crippen LogP contribution in [0.3, 0.4) is 0 Å². The highest BCUT2D eigenvalue weighted by atomic mass is 35.5. The van der Waals surface area contributed by atoms with E-state index in [1.54, 1.807) is 17.7 Å². The van der Waals surface area contributed by atoms with Gasteiger partial charge in [-0.05, 0) is 24.3 Å². The highest BCUT2D eigenvalue weighted by Gasteiger charge is 2.32. The second-order valence-electron chi connectivity index (χ2n) is 8.93. The first-order valence-electron chi connectivity index (χ1n) is 12.0. The molecule has 1 fully saturated rings. The number of aromatic hydroxyl groups is 1. The summed E-state index contributed by atoms with van der Waals surface area (Å²) in [6, 6.07) is 9.24. The second-order valence-corrected chi connectivity index (χ2v) is 10.2. The molecule has 0 radical (unpaired) electrons. The average Bonchev–Trinajstić information content (AvgIpc) is 3.50. The van der Waals surface area contributed by atoms with Gasteiger partial charge in [0.2, 0.25) is 11.2 Å². The molecule has 1 N–H and O–H groups in total. The van der Waals surface area contributed by atoms with Gasteiger partial charge in [0.1, 0.15) is 11.5 Å². The Morgan fingerprint density at radius 3 is 2.63 bits per heavy atom. The van der Waals surface area contributed by atoms with Gasteiger partial charge in [0, 0.05) is 49.5 Å². The smallest absolute Gasteiger partial charge is 0.306 e. The van der Waals surface area contributed by atoms with Crippen LogP contribution in [0.25, 0.3) is 4.96 Å². The molecule has 0 spiro atoms. The van der Waals surface area contributed by atoms with E-state index in [2.05, 4.69) is 14.8 Å². The van der Waals surface area contributed by atoms with Crippen molar-refractivity contribution in [1.82, 2.24) is 14.3 Å². The third-order valence-electron chi connectivity index (χ3n) is 6.69. The van der Waals surface area contributed by atoms with Crippen LogP contribution in [0.4, 0.5) is 5.69 Å². The average molecular weight is 559 g/mol. The Balaban J connectivity index is 1.39. The number of ether oxygens (including phenoxy) is 2. The van der Waals surface area contributed by atoms with Crippen LogP contribution in [0, 0.1) is 0 Å². The Hall–Kier alpha value is -3.54. The highest BCUT2D eigenvalue weighted by molar-refractivity contribution is 7.15. The molecule has 5 rings (SSSR count). The van der Waals surface area contributed by atoms with Gasteiger partial charge >= 0.3 is 5.97 Å². The monoisotopic (exact) mass is 558 g/mol. The molecule has 3 aromatic heterocycles. The lowest BCUT2D eigenvalue weighted by atomic mass is 9.97. The number of hydrogen-bond acceptors (Lipinski definition) is 10. The van der Waals surface area contributed by atoms with Gasteiger partial charge in [-0.15, -0.1) is 11.3 Å². The Bertz CT molecular complexity index is 1490. The number of esters is 1. The molecular formula is C26H27ClN4O6S. The zero-order chi connectivity index (χ0) is 26.8. The highest BCUT2D eigenvalue weighted by Crippen LogP contribution is 2.38. The first-order chi connectivity index (χ1) is 18.4. The van der Waals surface area contributed by atoms with E-state index in [1.165, 1.54) is 24.5 Å². The molecule has 38 heavy (non-hydrogen) atoms. The van der Waals surface area contributed by atoms with Gasteiger partial charge in [-0.1, -0.05) is 11.6 Å². The van der Waals surface area contributed by atoms with E-state index in [1.807, 2.05) is 29.6 Å². The SMILES string of the molecule is COC(=O)C[C@H](c1oc(CN2CCN(c3ccc(OC)cc3)CC2)cc(=O)c1O)c1c(Cl)nc2sccn12. The van der Waals surface area contributed by atoms with Crippen LogP contribution in [0.15, 0.2) is 51.1 Å². The quantitative estimate of drug-likeness (QED) is 0.323. The molecule has 1 aliphatic rings. The van der Waals surface area contributed by atoms with E-state index in [-0.39, 0.29) is 17.3 Å². The topological polar surface area (TPSA) is 110 Å². The van der Waals surface area contributed by atoms with Crippen molar-refractivity contribution >= 4 is 39.6 Å². The molecule has 1 aliphatic heterocycles. The summed E-state index contributed by atoms with van der Waals surface area (Å²) in [6.07, 6.45) is 1.57. The molecule has 0 amide bonds. The minimum Gasteiger partial charge on any atom is -0.502 e. The maximum absolute atomic E-state index is 12.8. The van der Waals surface area contributed by atoms with E-state index in [4.69, 9.17) is 25.5 Å². The summed E-state index contributed by atoms with van der Waals surface area (Å²) in [5.74, 6) is -0.818. The molecule has 10 nitrogen and oxygen atoms in total. The predicted octanol–water partition coefficient (Wildman–Crippen LogP) is 3.73. The van der Waals surface area contributed by atoms with Crippen LogP contribution in [-0.2, 0) is 16.1 Å². The summed E-state index contributed by atoms with van der Waals surface area (Å²) in [4.78, 5) is 34.6. The fourth-order valence-corrected chi connectivity index (χ4v) is 5.77. The number of benzene rings is 1. The van der Waals surface area contributed by atoms with Gasteiger partial charge in [-0.2, -0.15) is 0 Å². The van der Waals surface area contributed by atoms with E-state index < -0.39 is 23.1 Å². The summed E-state index contributed by atoms with van der Waals surface area (Å²) in [5.41, 5.74) is 0.971. The van der Waals surface area contributed by atoms with Crippen LogP contribution in [0.5, 0.6) is 11.5 Å². The Kier molecular flexibility index (Phi) is 7.59. The van der Waals surface area contributed by atoms with Crippen molar-refractivity contribution in [3.05, 3.63) is 74.5 Å². The number of carbonyl (C=O) groups is 1. The summed E-state index contributed by atoms with van der Waals surface area (Å²) in [6.45, 7) is 3.48.